The average molecular weight is 287 g/mol. The van der Waals surface area contributed by atoms with Crippen LogP contribution in [0, 0.1) is 12.7 Å². The normalized spacial score (nSPS) is 11.2. The van der Waals surface area contributed by atoms with Crippen LogP contribution in [-0.2, 0) is 0 Å². The molecule has 21 heavy (non-hydrogen) atoms. The Morgan fingerprint density at radius 1 is 1.24 bits per heavy atom. The fourth-order valence-corrected chi connectivity index (χ4v) is 1.80. The number of benzene rings is 2. The van der Waals surface area contributed by atoms with E-state index in [0.29, 0.717) is 16.8 Å². The third kappa shape index (κ3) is 3.17. The van der Waals surface area contributed by atoms with Crippen molar-refractivity contribution in [1.82, 2.24) is 0 Å². The number of nitrogens with two attached hydrogens (primary N) is 1. The molecule has 0 spiro atoms. The summed E-state index contributed by atoms with van der Waals surface area (Å²) in [5.74, 6) is -1.10. The second-order valence-corrected chi connectivity index (χ2v) is 4.45. The lowest BCUT2D eigenvalue weighted by Crippen LogP contribution is -2.15. The number of rotatable bonds is 3. The van der Waals surface area contributed by atoms with E-state index in [-0.39, 0.29) is 11.4 Å². The number of hydrogen-bond donors (Lipinski definition) is 3. The van der Waals surface area contributed by atoms with Gasteiger partial charge in [0, 0.05) is 11.3 Å². The second-order valence-electron chi connectivity index (χ2n) is 4.45. The Bertz CT molecular complexity index is 697. The van der Waals surface area contributed by atoms with Gasteiger partial charge < -0.3 is 16.3 Å². The van der Waals surface area contributed by atoms with Crippen LogP contribution in [0.5, 0.6) is 0 Å². The summed E-state index contributed by atoms with van der Waals surface area (Å²) < 4.78 is 13.8. The van der Waals surface area contributed by atoms with Crippen LogP contribution in [0.4, 0.5) is 10.1 Å². The highest BCUT2D eigenvalue weighted by Crippen LogP contribution is 2.15. The van der Waals surface area contributed by atoms with Crippen LogP contribution in [0.3, 0.4) is 0 Å². The van der Waals surface area contributed by atoms with Crippen molar-refractivity contribution < 1.29 is 14.4 Å². The quantitative estimate of drug-likeness (QED) is 0.351. The van der Waals surface area contributed by atoms with Crippen LogP contribution in [-0.4, -0.2) is 17.0 Å². The molecule has 4 N–H and O–H groups in total. The molecule has 0 aromatic heterocycles. The monoisotopic (exact) mass is 287 g/mol. The second kappa shape index (κ2) is 6.04. The molecule has 0 saturated carbocycles. The molecule has 0 aliphatic rings. The summed E-state index contributed by atoms with van der Waals surface area (Å²) in [5.41, 5.74) is 6.82. The van der Waals surface area contributed by atoms with Crippen LogP contribution >= 0.6 is 0 Å². The number of halogens is 1. The summed E-state index contributed by atoms with van der Waals surface area (Å²) in [6.07, 6.45) is 0. The zero-order valence-corrected chi connectivity index (χ0v) is 11.3. The van der Waals surface area contributed by atoms with Crippen molar-refractivity contribution in [3.8, 4) is 0 Å². The molecule has 0 fully saturated rings. The van der Waals surface area contributed by atoms with Crippen molar-refractivity contribution >= 4 is 17.4 Å². The largest absolute Gasteiger partial charge is 0.409 e. The molecule has 0 aliphatic carbocycles. The molecule has 0 heterocycles. The number of anilines is 1. The lowest BCUT2D eigenvalue weighted by molar-refractivity contribution is 0.102. The molecule has 5 nitrogen and oxygen atoms in total. The molecule has 0 radical (unpaired) electrons. The Morgan fingerprint density at radius 2 is 1.90 bits per heavy atom. The van der Waals surface area contributed by atoms with Gasteiger partial charge in [-0.15, -0.1) is 0 Å². The van der Waals surface area contributed by atoms with Crippen LogP contribution in [0.2, 0.25) is 0 Å². The maximum atomic E-state index is 13.8. The SMILES string of the molecule is Cc1cccc(C(=O)Nc2ccc(/C(N)=N/O)cc2)c1F. The Morgan fingerprint density at radius 3 is 2.52 bits per heavy atom. The van der Waals surface area contributed by atoms with Gasteiger partial charge in [-0.1, -0.05) is 17.3 Å². The Kier molecular flexibility index (Phi) is 4.18. The van der Waals surface area contributed by atoms with Gasteiger partial charge in [0.1, 0.15) is 5.82 Å². The molecule has 2 aromatic carbocycles. The maximum Gasteiger partial charge on any atom is 0.258 e. The number of oxime groups is 1. The van der Waals surface area contributed by atoms with Crippen molar-refractivity contribution in [3.05, 3.63) is 65.0 Å². The van der Waals surface area contributed by atoms with Crippen LogP contribution in [0.1, 0.15) is 21.5 Å². The van der Waals surface area contributed by atoms with Gasteiger partial charge in [-0.05, 0) is 42.8 Å². The number of nitrogens with zero attached hydrogens (tertiary/aromatic N) is 1. The van der Waals surface area contributed by atoms with E-state index >= 15 is 0 Å². The minimum absolute atomic E-state index is 0.0180. The molecule has 6 heteroatoms. The summed E-state index contributed by atoms with van der Waals surface area (Å²) in [5, 5.41) is 14.0. The number of amides is 1. The van der Waals surface area contributed by atoms with Crippen molar-refractivity contribution in [3.63, 3.8) is 0 Å². The first-order chi connectivity index (χ1) is 10.0. The van der Waals surface area contributed by atoms with Gasteiger partial charge >= 0.3 is 0 Å². The smallest absolute Gasteiger partial charge is 0.258 e. The predicted octanol–water partition coefficient (Wildman–Crippen LogP) is 2.48. The number of amidine groups is 1. The van der Waals surface area contributed by atoms with E-state index in [1.807, 2.05) is 0 Å². The first-order valence-electron chi connectivity index (χ1n) is 6.17. The first kappa shape index (κ1) is 14.5. The minimum atomic E-state index is -0.539. The molecule has 0 unspecified atom stereocenters. The molecule has 0 aliphatic heterocycles. The number of carbonyl (C=O) groups excluding carboxylic acids is 1. The van der Waals surface area contributed by atoms with E-state index in [4.69, 9.17) is 10.9 Å². The molecular formula is C15H14FN3O2. The van der Waals surface area contributed by atoms with Crippen molar-refractivity contribution in [1.29, 1.82) is 0 Å². The molecular weight excluding hydrogens is 273 g/mol. The first-order valence-corrected chi connectivity index (χ1v) is 6.17. The highest BCUT2D eigenvalue weighted by molar-refractivity contribution is 6.05. The van der Waals surface area contributed by atoms with Crippen LogP contribution in [0.15, 0.2) is 47.6 Å². The molecule has 1 amide bonds. The van der Waals surface area contributed by atoms with Gasteiger partial charge in [0.25, 0.3) is 5.91 Å². The van der Waals surface area contributed by atoms with Gasteiger partial charge in [0.15, 0.2) is 5.84 Å². The number of carbonyl (C=O) groups is 1. The molecule has 0 atom stereocenters. The predicted molar refractivity (Wildman–Crippen MR) is 78.0 cm³/mol. The van der Waals surface area contributed by atoms with Crippen molar-refractivity contribution in [2.24, 2.45) is 10.9 Å². The van der Waals surface area contributed by atoms with Gasteiger partial charge in [0.05, 0.1) is 5.56 Å². The van der Waals surface area contributed by atoms with E-state index < -0.39 is 11.7 Å². The topological polar surface area (TPSA) is 87.7 Å². The maximum absolute atomic E-state index is 13.8. The van der Waals surface area contributed by atoms with E-state index in [1.165, 1.54) is 6.07 Å². The van der Waals surface area contributed by atoms with E-state index in [0.717, 1.165) is 0 Å². The third-order valence-corrected chi connectivity index (χ3v) is 2.98. The lowest BCUT2D eigenvalue weighted by Gasteiger charge is -2.08. The summed E-state index contributed by atoms with van der Waals surface area (Å²) >= 11 is 0. The number of hydrogen-bond acceptors (Lipinski definition) is 3. The van der Waals surface area contributed by atoms with Gasteiger partial charge in [0.2, 0.25) is 0 Å². The molecule has 2 rings (SSSR count). The lowest BCUT2D eigenvalue weighted by atomic mass is 10.1. The zero-order valence-electron chi connectivity index (χ0n) is 11.3. The van der Waals surface area contributed by atoms with E-state index in [2.05, 4.69) is 10.5 Å². The fourth-order valence-electron chi connectivity index (χ4n) is 1.80. The highest BCUT2D eigenvalue weighted by Gasteiger charge is 2.13. The van der Waals surface area contributed by atoms with Crippen molar-refractivity contribution in [2.45, 2.75) is 6.92 Å². The fraction of sp³-hybridized carbons (Fsp3) is 0.0667. The van der Waals surface area contributed by atoms with Gasteiger partial charge in [-0.3, -0.25) is 4.79 Å². The Balaban J connectivity index is 2.18. The van der Waals surface area contributed by atoms with E-state index in [1.54, 1.807) is 43.3 Å². The Hall–Kier alpha value is -2.89. The number of nitrogens with one attached hydrogen (secondary N) is 1. The van der Waals surface area contributed by atoms with E-state index in [9.17, 15) is 9.18 Å². The Labute approximate surface area is 120 Å². The average Bonchev–Trinajstić information content (AvgIpc) is 2.50. The third-order valence-electron chi connectivity index (χ3n) is 2.98. The van der Waals surface area contributed by atoms with Crippen LogP contribution in [0.25, 0.3) is 0 Å². The summed E-state index contributed by atoms with van der Waals surface area (Å²) in [4.78, 5) is 12.0. The summed E-state index contributed by atoms with van der Waals surface area (Å²) in [6.45, 7) is 1.60. The zero-order chi connectivity index (χ0) is 15.4. The summed E-state index contributed by atoms with van der Waals surface area (Å²) in [6, 6.07) is 11.0. The molecule has 0 saturated heterocycles. The van der Waals surface area contributed by atoms with Crippen molar-refractivity contribution in [2.75, 3.05) is 5.32 Å². The number of aryl methyl sites for hydroxylation is 1. The minimum Gasteiger partial charge on any atom is -0.409 e. The molecule has 2 aromatic rings. The van der Waals surface area contributed by atoms with Crippen LogP contribution < -0.4 is 11.1 Å². The van der Waals surface area contributed by atoms with Gasteiger partial charge in [-0.2, -0.15) is 0 Å². The highest BCUT2D eigenvalue weighted by atomic mass is 19.1. The molecule has 0 bridgehead atoms. The molecule has 108 valence electrons. The van der Waals surface area contributed by atoms with Gasteiger partial charge in [-0.25, -0.2) is 4.39 Å². The standard InChI is InChI=1S/C15H14FN3O2/c1-9-3-2-4-12(13(9)16)15(20)18-11-7-5-10(6-8-11)14(17)19-21/h2-8,21H,1H3,(H2,17,19)(H,18,20). The summed E-state index contributed by atoms with van der Waals surface area (Å²) in [7, 11) is 0.